The normalized spacial score (nSPS) is 18.3. The second-order valence-electron chi connectivity index (χ2n) is 5.15. The van der Waals surface area contributed by atoms with Crippen LogP contribution < -0.4 is 10.1 Å². The second-order valence-corrected chi connectivity index (χ2v) is 5.15. The average Bonchev–Trinajstić information content (AvgIpc) is 2.46. The molecule has 0 radical (unpaired) electrons. The molecule has 2 rings (SSSR count). The first-order valence-corrected chi connectivity index (χ1v) is 6.95. The Hall–Kier alpha value is -1.13. The molecule has 0 bridgehead atoms. The maximum Gasteiger partial charge on any atom is 0.124 e. The number of ether oxygens (including phenoxy) is 1. The minimum atomic E-state index is -0.743. The van der Waals surface area contributed by atoms with Gasteiger partial charge in [0.05, 0.1) is 13.2 Å². The van der Waals surface area contributed by atoms with E-state index in [1.165, 1.54) is 38.5 Å². The van der Waals surface area contributed by atoms with Crippen molar-refractivity contribution in [2.45, 2.75) is 44.2 Å². The SMILES string of the molecule is COc1ccc(F)cc1C(O)CNC1CCCCC1. The molecule has 106 valence electrons. The topological polar surface area (TPSA) is 41.5 Å². The first kappa shape index (κ1) is 14.3. The van der Waals surface area contributed by atoms with E-state index in [0.717, 1.165) is 12.8 Å². The smallest absolute Gasteiger partial charge is 0.124 e. The van der Waals surface area contributed by atoms with Crippen LogP contribution in [-0.4, -0.2) is 24.8 Å². The molecular formula is C15H22FNO2. The Labute approximate surface area is 113 Å². The van der Waals surface area contributed by atoms with Gasteiger partial charge in [0.1, 0.15) is 11.6 Å². The van der Waals surface area contributed by atoms with Crippen LogP contribution in [0.1, 0.15) is 43.8 Å². The predicted molar refractivity (Wildman–Crippen MR) is 72.8 cm³/mol. The summed E-state index contributed by atoms with van der Waals surface area (Å²) in [5.74, 6) is 0.173. The zero-order valence-electron chi connectivity index (χ0n) is 11.4. The van der Waals surface area contributed by atoms with Crippen molar-refractivity contribution >= 4 is 0 Å². The lowest BCUT2D eigenvalue weighted by atomic mass is 9.95. The number of benzene rings is 1. The van der Waals surface area contributed by atoms with E-state index in [9.17, 15) is 9.50 Å². The first-order chi connectivity index (χ1) is 9.20. The maximum absolute atomic E-state index is 13.3. The summed E-state index contributed by atoms with van der Waals surface area (Å²) in [5.41, 5.74) is 0.505. The molecule has 0 aromatic heterocycles. The van der Waals surface area contributed by atoms with Gasteiger partial charge in [-0.2, -0.15) is 0 Å². The van der Waals surface area contributed by atoms with Gasteiger partial charge in [-0.3, -0.25) is 0 Å². The lowest BCUT2D eigenvalue weighted by molar-refractivity contribution is 0.161. The summed E-state index contributed by atoms with van der Waals surface area (Å²) in [6.45, 7) is 0.435. The summed E-state index contributed by atoms with van der Waals surface area (Å²) in [4.78, 5) is 0. The van der Waals surface area contributed by atoms with E-state index < -0.39 is 6.10 Å². The summed E-state index contributed by atoms with van der Waals surface area (Å²) < 4.78 is 18.4. The number of aliphatic hydroxyl groups excluding tert-OH is 1. The minimum absolute atomic E-state index is 0.354. The van der Waals surface area contributed by atoms with Gasteiger partial charge >= 0.3 is 0 Å². The fraction of sp³-hybridized carbons (Fsp3) is 0.600. The van der Waals surface area contributed by atoms with Crippen LogP contribution in [0.3, 0.4) is 0 Å². The van der Waals surface area contributed by atoms with Gasteiger partial charge in [0.25, 0.3) is 0 Å². The number of nitrogens with one attached hydrogen (secondary N) is 1. The second kappa shape index (κ2) is 6.87. The molecule has 0 amide bonds. The van der Waals surface area contributed by atoms with E-state index in [0.29, 0.717) is 23.9 Å². The van der Waals surface area contributed by atoms with E-state index in [-0.39, 0.29) is 5.82 Å². The molecule has 1 atom stereocenters. The quantitative estimate of drug-likeness (QED) is 0.862. The van der Waals surface area contributed by atoms with Crippen LogP contribution in [0, 0.1) is 5.82 Å². The summed E-state index contributed by atoms with van der Waals surface area (Å²) in [6.07, 6.45) is 5.37. The van der Waals surface area contributed by atoms with Crippen molar-refractivity contribution in [3.63, 3.8) is 0 Å². The average molecular weight is 267 g/mol. The molecule has 1 fully saturated rings. The Morgan fingerprint density at radius 3 is 2.79 bits per heavy atom. The molecular weight excluding hydrogens is 245 g/mol. The van der Waals surface area contributed by atoms with E-state index in [4.69, 9.17) is 4.74 Å². The lowest BCUT2D eigenvalue weighted by Crippen LogP contribution is -2.34. The van der Waals surface area contributed by atoms with Crippen molar-refractivity contribution in [1.29, 1.82) is 0 Å². The number of methoxy groups -OCH3 is 1. The molecule has 0 spiro atoms. The summed E-state index contributed by atoms with van der Waals surface area (Å²) in [5, 5.41) is 13.5. The molecule has 1 aliphatic rings. The zero-order valence-corrected chi connectivity index (χ0v) is 11.4. The lowest BCUT2D eigenvalue weighted by Gasteiger charge is -2.24. The third-order valence-electron chi connectivity index (χ3n) is 3.76. The Kier molecular flexibility index (Phi) is 5.16. The number of hydrogen-bond donors (Lipinski definition) is 2. The highest BCUT2D eigenvalue weighted by molar-refractivity contribution is 5.35. The van der Waals surface area contributed by atoms with E-state index >= 15 is 0 Å². The number of rotatable bonds is 5. The predicted octanol–water partition coefficient (Wildman–Crippen LogP) is 2.79. The van der Waals surface area contributed by atoms with Gasteiger partial charge in [0.2, 0.25) is 0 Å². The third-order valence-corrected chi connectivity index (χ3v) is 3.76. The van der Waals surface area contributed by atoms with Gasteiger partial charge in [-0.05, 0) is 31.0 Å². The molecule has 0 saturated heterocycles. The molecule has 0 heterocycles. The number of aliphatic hydroxyl groups is 1. The minimum Gasteiger partial charge on any atom is -0.496 e. The molecule has 1 aliphatic carbocycles. The van der Waals surface area contributed by atoms with Crippen molar-refractivity contribution in [1.82, 2.24) is 5.32 Å². The maximum atomic E-state index is 13.3. The van der Waals surface area contributed by atoms with Crippen molar-refractivity contribution < 1.29 is 14.2 Å². The molecule has 2 N–H and O–H groups in total. The Morgan fingerprint density at radius 1 is 1.37 bits per heavy atom. The standard InChI is InChI=1S/C15H22FNO2/c1-19-15-8-7-11(16)9-13(15)14(18)10-17-12-5-3-2-4-6-12/h7-9,12,14,17-18H,2-6,10H2,1H3. The highest BCUT2D eigenvalue weighted by Crippen LogP contribution is 2.26. The van der Waals surface area contributed by atoms with Gasteiger partial charge in [-0.15, -0.1) is 0 Å². The van der Waals surface area contributed by atoms with Crippen LogP contribution in [0.25, 0.3) is 0 Å². The van der Waals surface area contributed by atoms with Crippen LogP contribution >= 0.6 is 0 Å². The van der Waals surface area contributed by atoms with Crippen LogP contribution in [0.5, 0.6) is 5.75 Å². The summed E-state index contributed by atoms with van der Waals surface area (Å²) in [6, 6.07) is 4.70. The Balaban J connectivity index is 1.94. The fourth-order valence-corrected chi connectivity index (χ4v) is 2.66. The molecule has 0 aliphatic heterocycles. The van der Waals surface area contributed by atoms with Crippen LogP contribution in [0.15, 0.2) is 18.2 Å². The van der Waals surface area contributed by atoms with Crippen LogP contribution in [0.2, 0.25) is 0 Å². The first-order valence-electron chi connectivity index (χ1n) is 6.95. The van der Waals surface area contributed by atoms with Gasteiger partial charge in [0.15, 0.2) is 0 Å². The largest absolute Gasteiger partial charge is 0.496 e. The molecule has 1 aromatic rings. The van der Waals surface area contributed by atoms with Gasteiger partial charge < -0.3 is 15.2 Å². The molecule has 1 unspecified atom stereocenters. The molecule has 4 heteroatoms. The van der Waals surface area contributed by atoms with Gasteiger partial charge in [0, 0.05) is 18.2 Å². The Morgan fingerprint density at radius 2 is 2.11 bits per heavy atom. The highest BCUT2D eigenvalue weighted by Gasteiger charge is 2.17. The highest BCUT2D eigenvalue weighted by atomic mass is 19.1. The van der Waals surface area contributed by atoms with E-state index in [1.807, 2.05) is 0 Å². The monoisotopic (exact) mass is 267 g/mol. The van der Waals surface area contributed by atoms with Crippen molar-refractivity contribution in [2.24, 2.45) is 0 Å². The molecule has 1 saturated carbocycles. The Bertz CT molecular complexity index is 405. The van der Waals surface area contributed by atoms with Crippen molar-refractivity contribution in [3.05, 3.63) is 29.6 Å². The zero-order chi connectivity index (χ0) is 13.7. The number of hydrogen-bond acceptors (Lipinski definition) is 3. The number of halogens is 1. The van der Waals surface area contributed by atoms with Crippen LogP contribution in [0.4, 0.5) is 4.39 Å². The molecule has 1 aromatic carbocycles. The van der Waals surface area contributed by atoms with Crippen molar-refractivity contribution in [3.8, 4) is 5.75 Å². The fourth-order valence-electron chi connectivity index (χ4n) is 2.66. The summed E-state index contributed by atoms with van der Waals surface area (Å²) in [7, 11) is 1.53. The van der Waals surface area contributed by atoms with Crippen LogP contribution in [-0.2, 0) is 0 Å². The third kappa shape index (κ3) is 3.91. The van der Waals surface area contributed by atoms with Gasteiger partial charge in [-0.25, -0.2) is 4.39 Å². The summed E-state index contributed by atoms with van der Waals surface area (Å²) >= 11 is 0. The van der Waals surface area contributed by atoms with E-state index in [2.05, 4.69) is 5.32 Å². The van der Waals surface area contributed by atoms with Gasteiger partial charge in [-0.1, -0.05) is 19.3 Å². The van der Waals surface area contributed by atoms with Crippen molar-refractivity contribution in [2.75, 3.05) is 13.7 Å². The molecule has 19 heavy (non-hydrogen) atoms. The molecule has 3 nitrogen and oxygen atoms in total. The van der Waals surface area contributed by atoms with E-state index in [1.54, 1.807) is 6.07 Å².